The second kappa shape index (κ2) is 7.33. The maximum atomic E-state index is 13.9. The quantitative estimate of drug-likeness (QED) is 0.838. The third kappa shape index (κ3) is 3.72. The highest BCUT2D eigenvalue weighted by Gasteiger charge is 2.35. The summed E-state index contributed by atoms with van der Waals surface area (Å²) >= 11 is 0. The van der Waals surface area contributed by atoms with E-state index in [0.29, 0.717) is 18.4 Å². The Morgan fingerprint density at radius 1 is 1.28 bits per heavy atom. The van der Waals surface area contributed by atoms with Gasteiger partial charge in [-0.3, -0.25) is 4.79 Å². The molecule has 0 fully saturated rings. The summed E-state index contributed by atoms with van der Waals surface area (Å²) in [5.41, 5.74) is 9.25. The summed E-state index contributed by atoms with van der Waals surface area (Å²) in [6.07, 6.45) is -0.431. The molecule has 2 aromatic rings. The van der Waals surface area contributed by atoms with Crippen LogP contribution >= 0.6 is 0 Å². The second-order valence-corrected chi connectivity index (χ2v) is 6.48. The Bertz CT molecular complexity index is 777. The van der Waals surface area contributed by atoms with Crippen molar-refractivity contribution in [2.24, 2.45) is 5.73 Å². The van der Waals surface area contributed by atoms with E-state index in [-0.39, 0.29) is 18.3 Å². The predicted molar refractivity (Wildman–Crippen MR) is 92.6 cm³/mol. The number of ether oxygens (including phenoxy) is 1. The molecule has 3 N–H and O–H groups in total. The molecule has 0 radical (unpaired) electrons. The number of carbonyl (C=O) groups excluding carboxylic acids is 1. The molecule has 0 aromatic heterocycles. The van der Waals surface area contributed by atoms with E-state index in [4.69, 9.17) is 10.5 Å². The Balaban J connectivity index is 2.17. The number of nitrogens with two attached hydrogens (primary N) is 1. The molecule has 1 aliphatic carbocycles. The average Bonchev–Trinajstić information content (AvgIpc) is 2.70. The molecular weight excluding hydrogens is 321 g/mol. The van der Waals surface area contributed by atoms with Crippen LogP contribution in [0.3, 0.4) is 0 Å². The number of fused-ring (bicyclic) bond motifs is 2. The molecule has 0 heterocycles. The molecule has 0 saturated carbocycles. The normalized spacial score (nSPS) is 20.2. The zero-order valence-electron chi connectivity index (χ0n) is 14.1. The van der Waals surface area contributed by atoms with Gasteiger partial charge in [0.15, 0.2) is 0 Å². The minimum Gasteiger partial charge on any atom is -0.457 e. The van der Waals surface area contributed by atoms with Gasteiger partial charge in [0.05, 0.1) is 6.10 Å². The number of aliphatic hydroxyl groups excluding tert-OH is 1. The fourth-order valence-electron chi connectivity index (χ4n) is 3.60. The number of carbonyl (C=O) groups is 1. The van der Waals surface area contributed by atoms with Crippen LogP contribution in [-0.2, 0) is 16.0 Å². The monoisotopic (exact) mass is 343 g/mol. The Kier molecular flexibility index (Phi) is 5.16. The van der Waals surface area contributed by atoms with E-state index in [0.717, 1.165) is 16.7 Å². The molecule has 2 aromatic carbocycles. The van der Waals surface area contributed by atoms with Crippen LogP contribution in [0.25, 0.3) is 0 Å². The van der Waals surface area contributed by atoms with E-state index in [9.17, 15) is 14.3 Å². The van der Waals surface area contributed by atoms with Gasteiger partial charge in [-0.05, 0) is 47.2 Å². The van der Waals surface area contributed by atoms with Crippen LogP contribution in [0.5, 0.6) is 0 Å². The predicted octanol–water partition coefficient (Wildman–Crippen LogP) is 2.83. The van der Waals surface area contributed by atoms with Gasteiger partial charge in [0.25, 0.3) is 0 Å². The minimum absolute atomic E-state index is 0.113. The topological polar surface area (TPSA) is 72.5 Å². The number of esters is 1. The van der Waals surface area contributed by atoms with Gasteiger partial charge in [0.1, 0.15) is 11.9 Å². The fraction of sp³-hybridized carbons (Fsp3) is 0.350. The molecule has 5 heteroatoms. The molecule has 3 atom stereocenters. The number of benzene rings is 2. The Labute approximate surface area is 146 Å². The van der Waals surface area contributed by atoms with Crippen LogP contribution in [0.15, 0.2) is 42.5 Å². The summed E-state index contributed by atoms with van der Waals surface area (Å²) in [5, 5.41) is 10.1. The first kappa shape index (κ1) is 17.6. The van der Waals surface area contributed by atoms with Crippen molar-refractivity contribution in [3.63, 3.8) is 0 Å². The average molecular weight is 343 g/mol. The maximum Gasteiger partial charge on any atom is 0.303 e. The molecule has 25 heavy (non-hydrogen) atoms. The molecule has 0 saturated heterocycles. The van der Waals surface area contributed by atoms with Gasteiger partial charge in [-0.25, -0.2) is 4.39 Å². The van der Waals surface area contributed by atoms with Crippen molar-refractivity contribution in [1.82, 2.24) is 0 Å². The van der Waals surface area contributed by atoms with Gasteiger partial charge >= 0.3 is 5.97 Å². The van der Waals surface area contributed by atoms with Crippen LogP contribution in [0.1, 0.15) is 47.6 Å². The minimum atomic E-state index is -0.730. The Morgan fingerprint density at radius 2 is 2.00 bits per heavy atom. The van der Waals surface area contributed by atoms with E-state index in [2.05, 4.69) is 0 Å². The first-order valence-electron chi connectivity index (χ1n) is 8.41. The van der Waals surface area contributed by atoms with Gasteiger partial charge in [-0.1, -0.05) is 30.3 Å². The molecule has 1 aliphatic rings. The van der Waals surface area contributed by atoms with Gasteiger partial charge < -0.3 is 15.6 Å². The molecular formula is C20H22FNO3. The van der Waals surface area contributed by atoms with Crippen molar-refractivity contribution >= 4 is 5.97 Å². The summed E-state index contributed by atoms with van der Waals surface area (Å²) in [6.45, 7) is 1.45. The van der Waals surface area contributed by atoms with E-state index in [1.807, 2.05) is 24.3 Å². The van der Waals surface area contributed by atoms with Gasteiger partial charge in [-0.15, -0.1) is 0 Å². The summed E-state index contributed by atoms with van der Waals surface area (Å²) in [5.74, 6) is -1.10. The van der Waals surface area contributed by atoms with E-state index >= 15 is 0 Å². The number of halogens is 1. The molecule has 0 amide bonds. The third-order valence-corrected chi connectivity index (χ3v) is 4.71. The maximum absolute atomic E-state index is 13.9. The highest BCUT2D eigenvalue weighted by molar-refractivity contribution is 5.66. The van der Waals surface area contributed by atoms with E-state index < -0.39 is 18.2 Å². The molecule has 0 unspecified atom stereocenters. The SMILES string of the molecule is CC(=O)O[C@H]1c2cc(F)ccc2Cc2ccccc2[C@H]1C[C@@H](O)CN. The summed E-state index contributed by atoms with van der Waals surface area (Å²) in [4.78, 5) is 11.7. The van der Waals surface area contributed by atoms with Crippen LogP contribution in [0, 0.1) is 5.82 Å². The number of rotatable bonds is 4. The van der Waals surface area contributed by atoms with Crippen LogP contribution in [0.4, 0.5) is 4.39 Å². The molecule has 132 valence electrons. The summed E-state index contributed by atoms with van der Waals surface area (Å²) in [6, 6.07) is 12.4. The number of aliphatic hydroxyl groups is 1. The lowest BCUT2D eigenvalue weighted by molar-refractivity contribution is -0.148. The Hall–Kier alpha value is -2.24. The van der Waals surface area contributed by atoms with E-state index in [1.165, 1.54) is 19.1 Å². The summed E-state index contributed by atoms with van der Waals surface area (Å²) < 4.78 is 19.5. The number of hydrogen-bond donors (Lipinski definition) is 2. The van der Waals surface area contributed by atoms with Crippen molar-refractivity contribution in [2.45, 2.75) is 37.9 Å². The first-order chi connectivity index (χ1) is 12.0. The fourth-order valence-corrected chi connectivity index (χ4v) is 3.60. The molecule has 0 spiro atoms. The van der Waals surface area contributed by atoms with Crippen molar-refractivity contribution in [3.8, 4) is 0 Å². The van der Waals surface area contributed by atoms with Crippen LogP contribution in [0.2, 0.25) is 0 Å². The molecule has 4 nitrogen and oxygen atoms in total. The number of hydrogen-bond acceptors (Lipinski definition) is 4. The summed E-state index contributed by atoms with van der Waals surface area (Å²) in [7, 11) is 0. The van der Waals surface area contributed by atoms with Crippen molar-refractivity contribution in [2.75, 3.05) is 6.54 Å². The lowest BCUT2D eigenvalue weighted by atomic mass is 9.84. The van der Waals surface area contributed by atoms with Crippen LogP contribution in [-0.4, -0.2) is 23.7 Å². The standard InChI is InChI=1S/C20H22FNO3/c1-12(23)25-20-18-9-15(21)7-6-14(18)8-13-4-2-3-5-17(13)19(20)10-16(24)11-22/h2-7,9,16,19-20,24H,8,10-11,22H2,1H3/t16-,19-,20+/m1/s1. The van der Waals surface area contributed by atoms with Crippen LogP contribution < -0.4 is 5.73 Å². The van der Waals surface area contributed by atoms with Crippen molar-refractivity contribution in [3.05, 3.63) is 70.5 Å². The third-order valence-electron chi connectivity index (χ3n) is 4.71. The molecule has 0 aliphatic heterocycles. The van der Waals surface area contributed by atoms with Crippen molar-refractivity contribution < 1.29 is 19.0 Å². The second-order valence-electron chi connectivity index (χ2n) is 6.48. The van der Waals surface area contributed by atoms with Crippen molar-refractivity contribution in [1.29, 1.82) is 0 Å². The lowest BCUT2D eigenvalue weighted by Gasteiger charge is -2.29. The smallest absolute Gasteiger partial charge is 0.303 e. The zero-order chi connectivity index (χ0) is 18.0. The highest BCUT2D eigenvalue weighted by atomic mass is 19.1. The lowest BCUT2D eigenvalue weighted by Crippen LogP contribution is -2.26. The molecule has 3 rings (SSSR count). The first-order valence-corrected chi connectivity index (χ1v) is 8.41. The Morgan fingerprint density at radius 3 is 2.72 bits per heavy atom. The zero-order valence-corrected chi connectivity index (χ0v) is 14.1. The largest absolute Gasteiger partial charge is 0.457 e. The van der Waals surface area contributed by atoms with Gasteiger partial charge in [0, 0.05) is 19.4 Å². The van der Waals surface area contributed by atoms with Gasteiger partial charge in [-0.2, -0.15) is 0 Å². The van der Waals surface area contributed by atoms with Gasteiger partial charge in [0.2, 0.25) is 0 Å². The molecule has 0 bridgehead atoms. The highest BCUT2D eigenvalue weighted by Crippen LogP contribution is 2.44. The van der Waals surface area contributed by atoms with E-state index in [1.54, 1.807) is 6.07 Å².